The minimum absolute atomic E-state index is 0.000176. The third kappa shape index (κ3) is 3.64. The summed E-state index contributed by atoms with van der Waals surface area (Å²) in [4.78, 5) is 28.8. The third-order valence-electron chi connectivity index (χ3n) is 4.00. The van der Waals surface area contributed by atoms with Crippen LogP contribution in [-0.2, 0) is 9.53 Å². The molecular formula is C20H18N2O4. The van der Waals surface area contributed by atoms with E-state index in [1.807, 2.05) is 12.1 Å². The van der Waals surface area contributed by atoms with Crippen molar-refractivity contribution in [2.24, 2.45) is 0 Å². The molecule has 1 unspecified atom stereocenters. The summed E-state index contributed by atoms with van der Waals surface area (Å²) >= 11 is 0. The van der Waals surface area contributed by atoms with Gasteiger partial charge in [0.15, 0.2) is 6.10 Å². The Morgan fingerprint density at radius 1 is 1.15 bits per heavy atom. The second-order valence-corrected chi connectivity index (χ2v) is 5.91. The van der Waals surface area contributed by atoms with Crippen molar-refractivity contribution in [2.45, 2.75) is 20.0 Å². The molecular weight excluding hydrogens is 332 g/mol. The van der Waals surface area contributed by atoms with Crippen LogP contribution in [0.3, 0.4) is 0 Å². The van der Waals surface area contributed by atoms with E-state index in [4.69, 9.17) is 4.74 Å². The smallest absolute Gasteiger partial charge is 0.339 e. The Balaban J connectivity index is 1.71. The van der Waals surface area contributed by atoms with Gasteiger partial charge in [0.25, 0.3) is 5.91 Å². The van der Waals surface area contributed by atoms with Crippen molar-refractivity contribution in [1.82, 2.24) is 4.98 Å². The predicted octanol–water partition coefficient (Wildman–Crippen LogP) is 3.43. The molecule has 6 heteroatoms. The predicted molar refractivity (Wildman–Crippen MR) is 98.1 cm³/mol. The van der Waals surface area contributed by atoms with Gasteiger partial charge in [-0.05, 0) is 55.8 Å². The molecule has 0 saturated heterocycles. The van der Waals surface area contributed by atoms with E-state index in [0.717, 1.165) is 10.9 Å². The molecule has 0 aliphatic rings. The lowest BCUT2D eigenvalue weighted by atomic mass is 10.1. The number of aromatic nitrogens is 1. The number of rotatable bonds is 4. The normalized spacial score (nSPS) is 11.8. The van der Waals surface area contributed by atoms with Crippen LogP contribution in [-0.4, -0.2) is 28.1 Å². The van der Waals surface area contributed by atoms with Crippen LogP contribution in [0.5, 0.6) is 5.75 Å². The van der Waals surface area contributed by atoms with Gasteiger partial charge in [0.1, 0.15) is 5.75 Å². The zero-order valence-electron chi connectivity index (χ0n) is 14.4. The fourth-order valence-corrected chi connectivity index (χ4v) is 2.47. The molecule has 0 spiro atoms. The zero-order chi connectivity index (χ0) is 18.7. The quantitative estimate of drug-likeness (QED) is 0.704. The summed E-state index contributed by atoms with van der Waals surface area (Å²) in [5.41, 5.74) is 2.18. The van der Waals surface area contributed by atoms with Gasteiger partial charge in [-0.25, -0.2) is 4.79 Å². The number of aromatic hydroxyl groups is 1. The van der Waals surface area contributed by atoms with Crippen LogP contribution < -0.4 is 5.32 Å². The van der Waals surface area contributed by atoms with Gasteiger partial charge in [0, 0.05) is 11.6 Å². The molecule has 3 rings (SSSR count). The van der Waals surface area contributed by atoms with Crippen molar-refractivity contribution in [3.05, 3.63) is 65.9 Å². The number of pyridine rings is 1. The van der Waals surface area contributed by atoms with Gasteiger partial charge >= 0.3 is 5.97 Å². The molecule has 0 bridgehead atoms. The number of carbonyl (C=O) groups is 2. The van der Waals surface area contributed by atoms with Crippen molar-refractivity contribution in [2.75, 3.05) is 5.32 Å². The number of esters is 1. The van der Waals surface area contributed by atoms with Crippen LogP contribution in [0.4, 0.5) is 5.69 Å². The molecule has 1 atom stereocenters. The molecule has 0 radical (unpaired) electrons. The molecule has 1 aromatic heterocycles. The number of phenolic OH excluding ortho intramolecular Hbond substituents is 1. The Bertz CT molecular complexity index is 979. The van der Waals surface area contributed by atoms with E-state index in [2.05, 4.69) is 10.3 Å². The molecule has 132 valence electrons. The first-order valence-electron chi connectivity index (χ1n) is 8.11. The molecule has 1 heterocycles. The maximum Gasteiger partial charge on any atom is 0.339 e. The Morgan fingerprint density at radius 3 is 2.73 bits per heavy atom. The number of ether oxygens (including phenoxy) is 1. The minimum atomic E-state index is -1.00. The molecule has 2 N–H and O–H groups in total. The lowest BCUT2D eigenvalue weighted by Crippen LogP contribution is -2.30. The Labute approximate surface area is 150 Å². The summed E-state index contributed by atoms with van der Waals surface area (Å²) in [6.45, 7) is 3.21. The van der Waals surface area contributed by atoms with Crippen LogP contribution >= 0.6 is 0 Å². The average Bonchev–Trinajstić information content (AvgIpc) is 2.64. The number of aryl methyl sites for hydroxylation is 1. The summed E-state index contributed by atoms with van der Waals surface area (Å²) in [6.07, 6.45) is 0.674. The maximum absolute atomic E-state index is 12.4. The molecule has 0 aliphatic carbocycles. The average molecular weight is 350 g/mol. The maximum atomic E-state index is 12.4. The molecule has 6 nitrogen and oxygen atoms in total. The van der Waals surface area contributed by atoms with Crippen molar-refractivity contribution < 1.29 is 19.4 Å². The van der Waals surface area contributed by atoms with Crippen LogP contribution in [0.2, 0.25) is 0 Å². The monoisotopic (exact) mass is 350 g/mol. The summed E-state index contributed by atoms with van der Waals surface area (Å²) in [5.74, 6) is -1.13. The number of phenols is 1. The SMILES string of the molecule is Cc1ccc(C(=O)OC(C)C(=O)Nc2cccc3ncccc23)cc1O. The topological polar surface area (TPSA) is 88.5 Å². The zero-order valence-corrected chi connectivity index (χ0v) is 14.4. The standard InChI is InChI=1S/C20H18N2O4/c1-12-8-9-14(11-18(12)23)20(25)26-13(2)19(24)22-17-7-3-6-16-15(17)5-4-10-21-16/h3-11,13,23H,1-2H3,(H,22,24). The summed E-state index contributed by atoms with van der Waals surface area (Å²) < 4.78 is 5.20. The number of nitrogens with zero attached hydrogens (tertiary/aromatic N) is 1. The van der Waals surface area contributed by atoms with E-state index in [-0.39, 0.29) is 11.3 Å². The van der Waals surface area contributed by atoms with E-state index in [9.17, 15) is 14.7 Å². The van der Waals surface area contributed by atoms with Crippen LogP contribution in [0.15, 0.2) is 54.7 Å². The first-order valence-corrected chi connectivity index (χ1v) is 8.11. The number of benzene rings is 2. The van der Waals surface area contributed by atoms with Gasteiger partial charge in [-0.2, -0.15) is 0 Å². The van der Waals surface area contributed by atoms with Crippen molar-refractivity contribution in [1.29, 1.82) is 0 Å². The number of carbonyl (C=O) groups excluding carboxylic acids is 2. The summed E-state index contributed by atoms with van der Waals surface area (Å²) in [7, 11) is 0. The highest BCUT2D eigenvalue weighted by Crippen LogP contribution is 2.22. The van der Waals surface area contributed by atoms with E-state index in [1.165, 1.54) is 13.0 Å². The fourth-order valence-electron chi connectivity index (χ4n) is 2.47. The molecule has 0 saturated carbocycles. The van der Waals surface area contributed by atoms with E-state index in [1.54, 1.807) is 43.5 Å². The fraction of sp³-hybridized carbons (Fsp3) is 0.150. The van der Waals surface area contributed by atoms with E-state index < -0.39 is 18.0 Å². The van der Waals surface area contributed by atoms with Gasteiger partial charge in [0.05, 0.1) is 16.8 Å². The lowest BCUT2D eigenvalue weighted by molar-refractivity contribution is -0.123. The molecule has 26 heavy (non-hydrogen) atoms. The third-order valence-corrected chi connectivity index (χ3v) is 4.00. The summed E-state index contributed by atoms with van der Waals surface area (Å²) in [6, 6.07) is 13.5. The molecule has 0 fully saturated rings. The largest absolute Gasteiger partial charge is 0.508 e. The highest BCUT2D eigenvalue weighted by atomic mass is 16.5. The second kappa shape index (κ2) is 7.23. The van der Waals surface area contributed by atoms with E-state index >= 15 is 0 Å². The first kappa shape index (κ1) is 17.4. The van der Waals surface area contributed by atoms with Gasteiger partial charge in [-0.1, -0.05) is 12.1 Å². The number of amides is 1. The van der Waals surface area contributed by atoms with Gasteiger partial charge < -0.3 is 15.2 Å². The van der Waals surface area contributed by atoms with Crippen molar-refractivity contribution in [3.63, 3.8) is 0 Å². The molecule has 2 aromatic carbocycles. The van der Waals surface area contributed by atoms with Gasteiger partial charge in [-0.3, -0.25) is 9.78 Å². The van der Waals surface area contributed by atoms with Crippen LogP contribution in [0, 0.1) is 6.92 Å². The number of nitrogens with one attached hydrogen (secondary N) is 1. The Hall–Kier alpha value is -3.41. The van der Waals surface area contributed by atoms with E-state index in [0.29, 0.717) is 11.3 Å². The number of hydrogen-bond acceptors (Lipinski definition) is 5. The van der Waals surface area contributed by atoms with Crippen molar-refractivity contribution in [3.8, 4) is 5.75 Å². The van der Waals surface area contributed by atoms with Crippen LogP contribution in [0.25, 0.3) is 10.9 Å². The number of anilines is 1. The highest BCUT2D eigenvalue weighted by molar-refractivity contribution is 6.03. The second-order valence-electron chi connectivity index (χ2n) is 5.91. The molecule has 3 aromatic rings. The molecule has 0 aliphatic heterocycles. The minimum Gasteiger partial charge on any atom is -0.508 e. The number of hydrogen-bond donors (Lipinski definition) is 2. The highest BCUT2D eigenvalue weighted by Gasteiger charge is 2.20. The van der Waals surface area contributed by atoms with Crippen LogP contribution in [0.1, 0.15) is 22.8 Å². The summed E-state index contributed by atoms with van der Waals surface area (Å²) in [5, 5.41) is 13.2. The Kier molecular flexibility index (Phi) is 4.84. The molecule has 1 amide bonds. The van der Waals surface area contributed by atoms with Crippen molar-refractivity contribution >= 4 is 28.5 Å². The number of fused-ring (bicyclic) bond motifs is 1. The Morgan fingerprint density at radius 2 is 1.96 bits per heavy atom. The van der Waals surface area contributed by atoms with Gasteiger partial charge in [-0.15, -0.1) is 0 Å². The lowest BCUT2D eigenvalue weighted by Gasteiger charge is -2.15. The first-order chi connectivity index (χ1) is 12.5. The van der Waals surface area contributed by atoms with Gasteiger partial charge in [0.2, 0.25) is 0 Å².